The van der Waals surface area contributed by atoms with Crippen molar-refractivity contribution < 1.29 is 15.1 Å². The van der Waals surface area contributed by atoms with Crippen LogP contribution in [0.1, 0.15) is 21.5 Å². The number of amides is 1. The maximum absolute atomic E-state index is 12.0. The quantitative estimate of drug-likeness (QED) is 0.299. The summed E-state index contributed by atoms with van der Waals surface area (Å²) in [7, 11) is 0. The fourth-order valence-corrected chi connectivity index (χ4v) is 1.74. The van der Waals surface area contributed by atoms with E-state index in [4.69, 9.17) is 10.9 Å². The first-order valence-electron chi connectivity index (χ1n) is 6.20. The molecule has 0 unspecified atom stereocenters. The van der Waals surface area contributed by atoms with Crippen molar-refractivity contribution in [2.45, 2.75) is 6.92 Å². The van der Waals surface area contributed by atoms with Crippen molar-refractivity contribution in [3.8, 4) is 5.75 Å². The van der Waals surface area contributed by atoms with Crippen LogP contribution in [-0.4, -0.2) is 22.1 Å². The van der Waals surface area contributed by atoms with E-state index in [0.717, 1.165) is 0 Å². The molecule has 108 valence electrons. The highest BCUT2D eigenvalue weighted by atomic mass is 16.4. The van der Waals surface area contributed by atoms with Gasteiger partial charge in [-0.2, -0.15) is 0 Å². The number of hydrogen-bond acceptors (Lipinski definition) is 4. The lowest BCUT2D eigenvalue weighted by Gasteiger charge is -2.07. The number of amidine groups is 1. The lowest BCUT2D eigenvalue weighted by molar-refractivity contribution is 0.102. The number of phenolic OH excluding ortho intramolecular Hbond substituents is 1. The van der Waals surface area contributed by atoms with Crippen LogP contribution in [-0.2, 0) is 0 Å². The summed E-state index contributed by atoms with van der Waals surface area (Å²) in [6.07, 6.45) is 0. The van der Waals surface area contributed by atoms with Gasteiger partial charge in [0.2, 0.25) is 0 Å². The van der Waals surface area contributed by atoms with Crippen LogP contribution in [0.25, 0.3) is 0 Å². The maximum Gasteiger partial charge on any atom is 0.255 e. The highest BCUT2D eigenvalue weighted by molar-refractivity contribution is 6.05. The maximum atomic E-state index is 12.0. The van der Waals surface area contributed by atoms with Gasteiger partial charge in [-0.1, -0.05) is 11.2 Å². The zero-order valence-electron chi connectivity index (χ0n) is 11.4. The number of rotatable bonds is 3. The molecule has 1 amide bonds. The number of aryl methyl sites for hydroxylation is 1. The molecule has 2 aromatic rings. The molecule has 5 N–H and O–H groups in total. The highest BCUT2D eigenvalue weighted by Gasteiger charge is 2.08. The van der Waals surface area contributed by atoms with Gasteiger partial charge in [-0.25, -0.2) is 0 Å². The molecule has 0 aliphatic heterocycles. The smallest absolute Gasteiger partial charge is 0.255 e. The highest BCUT2D eigenvalue weighted by Crippen LogP contribution is 2.18. The predicted molar refractivity (Wildman–Crippen MR) is 79.7 cm³/mol. The zero-order chi connectivity index (χ0) is 15.4. The fourth-order valence-electron chi connectivity index (χ4n) is 1.74. The number of nitrogens with one attached hydrogen (secondary N) is 1. The Hall–Kier alpha value is -3.02. The normalized spacial score (nSPS) is 11.2. The Bertz CT molecular complexity index is 694. The first-order valence-corrected chi connectivity index (χ1v) is 6.20. The summed E-state index contributed by atoms with van der Waals surface area (Å²) in [6, 6.07) is 11.2. The number of hydrogen-bond donors (Lipinski definition) is 4. The third kappa shape index (κ3) is 3.30. The van der Waals surface area contributed by atoms with E-state index in [9.17, 15) is 9.90 Å². The summed E-state index contributed by atoms with van der Waals surface area (Å²) in [4.78, 5) is 12.0. The Kier molecular flexibility index (Phi) is 4.08. The Labute approximate surface area is 121 Å². The van der Waals surface area contributed by atoms with Crippen LogP contribution in [0.4, 0.5) is 5.69 Å². The average Bonchev–Trinajstić information content (AvgIpc) is 2.50. The van der Waals surface area contributed by atoms with Crippen LogP contribution in [0.5, 0.6) is 5.75 Å². The Morgan fingerprint density at radius 2 is 1.76 bits per heavy atom. The number of oxime groups is 1. The van der Waals surface area contributed by atoms with E-state index in [1.165, 1.54) is 6.07 Å². The van der Waals surface area contributed by atoms with Crippen LogP contribution in [0.2, 0.25) is 0 Å². The van der Waals surface area contributed by atoms with Crippen LogP contribution in [0.15, 0.2) is 47.6 Å². The standard InChI is InChI=1S/C15H15N3O3/c1-9-2-3-11(8-13(9)19)15(20)17-12-6-4-10(5-7-12)14(16)18-21/h2-8,19,21H,1H3,(H2,16,18)(H,17,20). The van der Waals surface area contributed by atoms with E-state index in [-0.39, 0.29) is 17.5 Å². The van der Waals surface area contributed by atoms with Crippen LogP contribution in [0, 0.1) is 6.92 Å². The average molecular weight is 285 g/mol. The zero-order valence-corrected chi connectivity index (χ0v) is 11.4. The lowest BCUT2D eigenvalue weighted by Crippen LogP contribution is -2.14. The summed E-state index contributed by atoms with van der Waals surface area (Å²) >= 11 is 0. The molecule has 21 heavy (non-hydrogen) atoms. The van der Waals surface area contributed by atoms with Crippen molar-refractivity contribution >= 4 is 17.4 Å². The van der Waals surface area contributed by atoms with Gasteiger partial charge >= 0.3 is 0 Å². The largest absolute Gasteiger partial charge is 0.508 e. The van der Waals surface area contributed by atoms with Crippen LogP contribution >= 0.6 is 0 Å². The molecule has 0 fully saturated rings. The van der Waals surface area contributed by atoms with Gasteiger partial charge in [-0.3, -0.25) is 4.79 Å². The van der Waals surface area contributed by atoms with Gasteiger partial charge in [0.15, 0.2) is 5.84 Å². The second kappa shape index (κ2) is 5.96. The van der Waals surface area contributed by atoms with Crippen molar-refractivity contribution in [3.05, 3.63) is 59.2 Å². The molecule has 2 rings (SSSR count). The van der Waals surface area contributed by atoms with E-state index in [2.05, 4.69) is 10.5 Å². The summed E-state index contributed by atoms with van der Waals surface area (Å²) in [6.45, 7) is 1.75. The van der Waals surface area contributed by atoms with Gasteiger partial charge in [0, 0.05) is 16.8 Å². The molecular formula is C15H15N3O3. The van der Waals surface area contributed by atoms with Crippen molar-refractivity contribution in [2.24, 2.45) is 10.9 Å². The fraction of sp³-hybridized carbons (Fsp3) is 0.0667. The molecule has 0 saturated heterocycles. The number of nitrogens with zero attached hydrogens (tertiary/aromatic N) is 1. The van der Waals surface area contributed by atoms with Crippen LogP contribution in [0.3, 0.4) is 0 Å². The van der Waals surface area contributed by atoms with E-state index in [1.54, 1.807) is 43.3 Å². The number of anilines is 1. The number of nitrogens with two attached hydrogens (primary N) is 1. The minimum Gasteiger partial charge on any atom is -0.508 e. The second-order valence-corrected chi connectivity index (χ2v) is 4.52. The summed E-state index contributed by atoms with van der Waals surface area (Å²) in [5, 5.41) is 23.8. The number of carbonyl (C=O) groups excluding carboxylic acids is 1. The Balaban J connectivity index is 2.14. The molecule has 6 heteroatoms. The third-order valence-electron chi connectivity index (χ3n) is 3.02. The van der Waals surface area contributed by atoms with Gasteiger partial charge in [-0.15, -0.1) is 0 Å². The molecule has 0 aliphatic rings. The molecule has 2 aromatic carbocycles. The molecule has 0 bridgehead atoms. The first-order chi connectivity index (χ1) is 10.0. The molecule has 0 aliphatic carbocycles. The lowest BCUT2D eigenvalue weighted by atomic mass is 10.1. The predicted octanol–water partition coefficient (Wildman–Crippen LogP) is 2.05. The van der Waals surface area contributed by atoms with Crippen molar-refractivity contribution in [1.82, 2.24) is 0 Å². The molecule has 0 radical (unpaired) electrons. The molecule has 6 nitrogen and oxygen atoms in total. The van der Waals surface area contributed by atoms with Gasteiger partial charge in [0.1, 0.15) is 5.75 Å². The van der Waals surface area contributed by atoms with Crippen molar-refractivity contribution in [1.29, 1.82) is 0 Å². The summed E-state index contributed by atoms with van der Waals surface area (Å²) < 4.78 is 0. The topological polar surface area (TPSA) is 108 Å². The number of benzene rings is 2. The van der Waals surface area contributed by atoms with E-state index < -0.39 is 0 Å². The third-order valence-corrected chi connectivity index (χ3v) is 3.02. The molecule has 0 atom stereocenters. The molecular weight excluding hydrogens is 270 g/mol. The molecule has 0 spiro atoms. The van der Waals surface area contributed by atoms with Gasteiger partial charge in [0.05, 0.1) is 0 Å². The molecule has 0 heterocycles. The first kappa shape index (κ1) is 14.4. The van der Waals surface area contributed by atoms with E-state index >= 15 is 0 Å². The second-order valence-electron chi connectivity index (χ2n) is 4.52. The minimum atomic E-state index is -0.332. The van der Waals surface area contributed by atoms with Crippen molar-refractivity contribution in [3.63, 3.8) is 0 Å². The summed E-state index contributed by atoms with van der Waals surface area (Å²) in [5.41, 5.74) is 7.62. The van der Waals surface area contributed by atoms with E-state index in [1.807, 2.05) is 0 Å². The van der Waals surface area contributed by atoms with Gasteiger partial charge in [0.25, 0.3) is 5.91 Å². The molecule has 0 aromatic heterocycles. The number of carbonyl (C=O) groups is 1. The number of phenols is 1. The van der Waals surface area contributed by atoms with E-state index in [0.29, 0.717) is 22.4 Å². The SMILES string of the molecule is Cc1ccc(C(=O)Nc2ccc(/C(N)=N/O)cc2)cc1O. The number of aromatic hydroxyl groups is 1. The van der Waals surface area contributed by atoms with Crippen LogP contribution < -0.4 is 11.1 Å². The van der Waals surface area contributed by atoms with Gasteiger partial charge < -0.3 is 21.4 Å². The Morgan fingerprint density at radius 3 is 2.33 bits per heavy atom. The van der Waals surface area contributed by atoms with Crippen molar-refractivity contribution in [2.75, 3.05) is 5.32 Å². The minimum absolute atomic E-state index is 0.00339. The Morgan fingerprint density at radius 1 is 1.14 bits per heavy atom. The van der Waals surface area contributed by atoms with Gasteiger partial charge in [-0.05, 0) is 48.9 Å². The molecule has 0 saturated carbocycles. The monoisotopic (exact) mass is 285 g/mol. The summed E-state index contributed by atoms with van der Waals surface area (Å²) in [5.74, 6) is -0.261.